The third-order valence-electron chi connectivity index (χ3n) is 3.36. The SMILES string of the molecule is Cc1ccc(C(C)(Nc2ccc(Cl)cc2)C(N)=O)cc1. The summed E-state index contributed by atoms with van der Waals surface area (Å²) in [5.74, 6) is -0.434. The Hall–Kier alpha value is -2.00. The van der Waals surface area contributed by atoms with Crippen LogP contribution in [0.5, 0.6) is 0 Å². The molecule has 4 heteroatoms. The largest absolute Gasteiger partial charge is 0.368 e. The summed E-state index contributed by atoms with van der Waals surface area (Å²) in [4.78, 5) is 11.9. The highest BCUT2D eigenvalue weighted by Crippen LogP contribution is 2.27. The summed E-state index contributed by atoms with van der Waals surface area (Å²) in [6, 6.07) is 14.9. The lowest BCUT2D eigenvalue weighted by molar-refractivity contribution is -0.122. The monoisotopic (exact) mass is 288 g/mol. The van der Waals surface area contributed by atoms with E-state index < -0.39 is 11.4 Å². The lowest BCUT2D eigenvalue weighted by Gasteiger charge is -2.29. The number of amides is 1. The van der Waals surface area contributed by atoms with Crippen molar-refractivity contribution in [3.8, 4) is 0 Å². The number of halogens is 1. The second kappa shape index (κ2) is 5.55. The van der Waals surface area contributed by atoms with Gasteiger partial charge in [-0.2, -0.15) is 0 Å². The first-order chi connectivity index (χ1) is 9.41. The highest BCUT2D eigenvalue weighted by Gasteiger charge is 2.33. The fourth-order valence-electron chi connectivity index (χ4n) is 1.98. The summed E-state index contributed by atoms with van der Waals surface area (Å²) >= 11 is 5.86. The third-order valence-corrected chi connectivity index (χ3v) is 3.61. The number of aryl methyl sites for hydroxylation is 1. The highest BCUT2D eigenvalue weighted by atomic mass is 35.5. The molecule has 1 atom stereocenters. The fraction of sp³-hybridized carbons (Fsp3) is 0.188. The van der Waals surface area contributed by atoms with Gasteiger partial charge >= 0.3 is 0 Å². The maximum absolute atomic E-state index is 11.9. The Bertz CT molecular complexity index is 607. The minimum absolute atomic E-state index is 0.434. The average molecular weight is 289 g/mol. The summed E-state index contributed by atoms with van der Waals surface area (Å²) in [6.45, 7) is 3.77. The van der Waals surface area contributed by atoms with Gasteiger partial charge in [-0.15, -0.1) is 0 Å². The van der Waals surface area contributed by atoms with Crippen LogP contribution in [0.25, 0.3) is 0 Å². The van der Waals surface area contributed by atoms with Gasteiger partial charge in [0.2, 0.25) is 5.91 Å². The van der Waals surface area contributed by atoms with E-state index in [-0.39, 0.29) is 0 Å². The maximum Gasteiger partial charge on any atom is 0.247 e. The number of nitrogens with one attached hydrogen (secondary N) is 1. The number of carbonyl (C=O) groups is 1. The van der Waals surface area contributed by atoms with E-state index in [1.54, 1.807) is 19.1 Å². The van der Waals surface area contributed by atoms with Crippen LogP contribution in [0.2, 0.25) is 5.02 Å². The Labute approximate surface area is 123 Å². The van der Waals surface area contributed by atoms with Crippen molar-refractivity contribution in [3.63, 3.8) is 0 Å². The molecule has 2 aromatic rings. The van der Waals surface area contributed by atoms with Gasteiger partial charge in [0.15, 0.2) is 0 Å². The van der Waals surface area contributed by atoms with E-state index in [4.69, 9.17) is 17.3 Å². The van der Waals surface area contributed by atoms with E-state index >= 15 is 0 Å². The van der Waals surface area contributed by atoms with Crippen LogP contribution in [0.4, 0.5) is 5.69 Å². The Morgan fingerprint density at radius 3 is 2.15 bits per heavy atom. The van der Waals surface area contributed by atoms with Crippen LogP contribution < -0.4 is 11.1 Å². The molecule has 20 heavy (non-hydrogen) atoms. The molecule has 0 heterocycles. The predicted octanol–water partition coefficient (Wildman–Crippen LogP) is 3.46. The first kappa shape index (κ1) is 14.4. The van der Waals surface area contributed by atoms with Gasteiger partial charge in [-0.3, -0.25) is 4.79 Å². The van der Waals surface area contributed by atoms with Crippen LogP contribution >= 0.6 is 11.6 Å². The number of nitrogens with two attached hydrogens (primary N) is 1. The van der Waals surface area contributed by atoms with E-state index in [1.165, 1.54) is 0 Å². The van der Waals surface area contributed by atoms with Crippen molar-refractivity contribution in [1.29, 1.82) is 0 Å². The molecule has 0 saturated carbocycles. The minimum atomic E-state index is -0.971. The van der Waals surface area contributed by atoms with E-state index in [1.807, 2.05) is 43.3 Å². The Morgan fingerprint density at radius 1 is 1.10 bits per heavy atom. The van der Waals surface area contributed by atoms with Crippen molar-refractivity contribution < 1.29 is 4.79 Å². The molecule has 0 bridgehead atoms. The van der Waals surface area contributed by atoms with E-state index in [0.717, 1.165) is 16.8 Å². The Kier molecular flexibility index (Phi) is 4.00. The molecule has 1 amide bonds. The standard InChI is InChI=1S/C16H17ClN2O/c1-11-3-5-12(6-4-11)16(2,15(18)20)19-14-9-7-13(17)8-10-14/h3-10,19H,1-2H3,(H2,18,20). The molecule has 104 valence electrons. The highest BCUT2D eigenvalue weighted by molar-refractivity contribution is 6.30. The number of rotatable bonds is 4. The maximum atomic E-state index is 11.9. The molecular weight excluding hydrogens is 272 g/mol. The van der Waals surface area contributed by atoms with Crippen LogP contribution in [0.3, 0.4) is 0 Å². The molecule has 3 nitrogen and oxygen atoms in total. The zero-order valence-electron chi connectivity index (χ0n) is 11.5. The smallest absolute Gasteiger partial charge is 0.247 e. The summed E-state index contributed by atoms with van der Waals surface area (Å²) in [5.41, 5.74) is 7.36. The van der Waals surface area contributed by atoms with Gasteiger partial charge in [0.1, 0.15) is 5.54 Å². The number of primary amides is 1. The van der Waals surface area contributed by atoms with Crippen molar-refractivity contribution >= 4 is 23.2 Å². The van der Waals surface area contributed by atoms with E-state index in [0.29, 0.717) is 5.02 Å². The molecule has 0 aliphatic carbocycles. The molecule has 2 rings (SSSR count). The van der Waals surface area contributed by atoms with Crippen LogP contribution in [-0.2, 0) is 10.3 Å². The first-order valence-corrected chi connectivity index (χ1v) is 6.70. The van der Waals surface area contributed by atoms with Crippen LogP contribution in [0.15, 0.2) is 48.5 Å². The second-order valence-corrected chi connectivity index (χ2v) is 5.42. The fourth-order valence-corrected chi connectivity index (χ4v) is 2.11. The van der Waals surface area contributed by atoms with Crippen molar-refractivity contribution in [2.24, 2.45) is 5.73 Å². The Morgan fingerprint density at radius 2 is 1.65 bits per heavy atom. The molecule has 2 aromatic carbocycles. The molecule has 0 aliphatic heterocycles. The normalized spacial score (nSPS) is 13.6. The number of benzene rings is 2. The zero-order chi connectivity index (χ0) is 14.8. The third kappa shape index (κ3) is 2.94. The molecular formula is C16H17ClN2O. The van der Waals surface area contributed by atoms with Gasteiger partial charge in [-0.1, -0.05) is 41.4 Å². The van der Waals surface area contributed by atoms with Crippen molar-refractivity contribution in [2.45, 2.75) is 19.4 Å². The molecule has 0 spiro atoms. The quantitative estimate of drug-likeness (QED) is 0.905. The van der Waals surface area contributed by atoms with Crippen LogP contribution in [0.1, 0.15) is 18.1 Å². The average Bonchev–Trinajstić information content (AvgIpc) is 2.42. The summed E-state index contributed by atoms with van der Waals surface area (Å²) in [6.07, 6.45) is 0. The molecule has 0 aliphatic rings. The van der Waals surface area contributed by atoms with Crippen molar-refractivity contribution in [3.05, 3.63) is 64.7 Å². The van der Waals surface area contributed by atoms with Crippen LogP contribution in [-0.4, -0.2) is 5.91 Å². The summed E-state index contributed by atoms with van der Waals surface area (Å²) in [5, 5.41) is 3.83. The summed E-state index contributed by atoms with van der Waals surface area (Å²) < 4.78 is 0. The predicted molar refractivity (Wildman–Crippen MR) is 82.8 cm³/mol. The number of anilines is 1. The molecule has 0 aromatic heterocycles. The van der Waals surface area contributed by atoms with Crippen molar-refractivity contribution in [1.82, 2.24) is 0 Å². The molecule has 1 unspecified atom stereocenters. The molecule has 0 fully saturated rings. The second-order valence-electron chi connectivity index (χ2n) is 4.99. The van der Waals surface area contributed by atoms with Gasteiger partial charge in [-0.25, -0.2) is 0 Å². The van der Waals surface area contributed by atoms with Gasteiger partial charge in [-0.05, 0) is 43.7 Å². The number of carbonyl (C=O) groups excluding carboxylic acids is 1. The van der Waals surface area contributed by atoms with Gasteiger partial charge in [0.25, 0.3) is 0 Å². The lowest BCUT2D eigenvalue weighted by Crippen LogP contribution is -2.45. The molecule has 3 N–H and O–H groups in total. The summed E-state index contributed by atoms with van der Waals surface area (Å²) in [7, 11) is 0. The molecule has 0 saturated heterocycles. The van der Waals surface area contributed by atoms with Gasteiger partial charge in [0.05, 0.1) is 0 Å². The number of hydrogen-bond acceptors (Lipinski definition) is 2. The first-order valence-electron chi connectivity index (χ1n) is 6.32. The van der Waals surface area contributed by atoms with Gasteiger partial charge < -0.3 is 11.1 Å². The molecule has 0 radical (unpaired) electrons. The topological polar surface area (TPSA) is 55.1 Å². The zero-order valence-corrected chi connectivity index (χ0v) is 12.2. The van der Waals surface area contributed by atoms with E-state index in [2.05, 4.69) is 5.32 Å². The van der Waals surface area contributed by atoms with Crippen molar-refractivity contribution in [2.75, 3.05) is 5.32 Å². The Balaban J connectivity index is 2.37. The van der Waals surface area contributed by atoms with Gasteiger partial charge in [0, 0.05) is 10.7 Å². The number of hydrogen-bond donors (Lipinski definition) is 2. The minimum Gasteiger partial charge on any atom is -0.368 e. The van der Waals surface area contributed by atoms with Crippen LogP contribution in [0, 0.1) is 6.92 Å². The van der Waals surface area contributed by atoms with E-state index in [9.17, 15) is 4.79 Å². The lowest BCUT2D eigenvalue weighted by atomic mass is 9.90.